The highest BCUT2D eigenvalue weighted by molar-refractivity contribution is 5.70. The molecule has 0 aliphatic carbocycles. The summed E-state index contributed by atoms with van der Waals surface area (Å²) >= 11 is 0. The van der Waals surface area contributed by atoms with Gasteiger partial charge in [-0.05, 0) is 91.6 Å². The van der Waals surface area contributed by atoms with E-state index in [1.54, 1.807) is 38.5 Å². The maximum atomic E-state index is 11.1. The quantitative estimate of drug-likeness (QED) is 0.119. The van der Waals surface area contributed by atoms with Gasteiger partial charge in [-0.2, -0.15) is 0 Å². The van der Waals surface area contributed by atoms with Crippen LogP contribution < -0.4 is 31.5 Å². The SMILES string of the molecule is COc1cc(-c2ccc(-[n+]3ncnn3-c3ccc([N+](=O)[O-])cc3)c(OC)c2)ccc1-[n+]1ncnn1-c1ccc([N+](=O)[O-])cc1.[Cl-]. The van der Waals surface area contributed by atoms with Crippen LogP contribution in [0.4, 0.5) is 11.4 Å². The third kappa shape index (κ3) is 5.72. The van der Waals surface area contributed by atoms with E-state index in [2.05, 4.69) is 20.4 Å². The number of benzene rings is 4. The molecule has 2 heterocycles. The van der Waals surface area contributed by atoms with E-state index in [1.165, 1.54) is 56.1 Å². The summed E-state index contributed by atoms with van der Waals surface area (Å²) in [7, 11) is 3.09. The number of tetrazole rings is 2. The molecule has 0 unspecified atom stereocenters. The Labute approximate surface area is 260 Å². The normalized spacial score (nSPS) is 10.6. The molecule has 0 fully saturated rings. The maximum absolute atomic E-state index is 11.1. The molecule has 0 aliphatic rings. The van der Waals surface area contributed by atoms with Crippen molar-refractivity contribution in [2.45, 2.75) is 0 Å². The van der Waals surface area contributed by atoms with Crippen LogP contribution in [0.1, 0.15) is 0 Å². The van der Waals surface area contributed by atoms with Crippen molar-refractivity contribution in [2.75, 3.05) is 14.2 Å². The van der Waals surface area contributed by atoms with Crippen molar-refractivity contribution in [2.24, 2.45) is 0 Å². The Hall–Kier alpha value is -6.29. The van der Waals surface area contributed by atoms with Gasteiger partial charge in [-0.1, -0.05) is 0 Å². The van der Waals surface area contributed by atoms with Crippen molar-refractivity contribution in [3.8, 4) is 45.4 Å². The zero-order chi connectivity index (χ0) is 30.8. The molecule has 4 aromatic carbocycles. The second kappa shape index (κ2) is 12.5. The predicted molar refractivity (Wildman–Crippen MR) is 151 cm³/mol. The molecule has 0 saturated carbocycles. The van der Waals surface area contributed by atoms with E-state index in [9.17, 15) is 20.2 Å². The number of ether oxygens (including phenoxy) is 2. The minimum Gasteiger partial charge on any atom is -1.00 e. The lowest BCUT2D eigenvalue weighted by Crippen LogP contribution is -3.00. The van der Waals surface area contributed by atoms with Crippen LogP contribution in [0.25, 0.3) is 33.9 Å². The Balaban J connectivity index is 0.00000400. The molecule has 0 saturated heterocycles. The van der Waals surface area contributed by atoms with Crippen LogP contribution in [0, 0.1) is 20.2 Å². The number of nitro benzene ring substituents is 2. The van der Waals surface area contributed by atoms with E-state index in [-0.39, 0.29) is 23.8 Å². The van der Waals surface area contributed by atoms with E-state index in [0.29, 0.717) is 34.2 Å². The lowest BCUT2D eigenvalue weighted by Gasteiger charge is -2.11. The van der Waals surface area contributed by atoms with Crippen molar-refractivity contribution < 1.29 is 41.3 Å². The maximum Gasteiger partial charge on any atom is 0.297 e. The van der Waals surface area contributed by atoms with Gasteiger partial charge in [0.05, 0.1) is 34.3 Å². The predicted octanol–water partition coefficient (Wildman–Crippen LogP) is -0.0940. The average molecular weight is 630 g/mol. The summed E-state index contributed by atoms with van der Waals surface area (Å²) < 4.78 is 11.4. The molecule has 0 N–H and O–H groups in total. The second-order valence-electron chi connectivity index (χ2n) is 9.17. The van der Waals surface area contributed by atoms with Gasteiger partial charge in [-0.15, -0.1) is 0 Å². The van der Waals surface area contributed by atoms with Crippen molar-refractivity contribution in [1.29, 1.82) is 0 Å². The number of aromatic nitrogens is 8. The van der Waals surface area contributed by atoms with Crippen molar-refractivity contribution >= 4 is 11.4 Å². The third-order valence-electron chi connectivity index (χ3n) is 6.71. The topological polar surface area (TPSA) is 174 Å². The lowest BCUT2D eigenvalue weighted by atomic mass is 10.0. The number of hydrogen-bond acceptors (Lipinski definition) is 10. The van der Waals surface area contributed by atoms with Crippen LogP contribution in [0.2, 0.25) is 0 Å². The fraction of sp³-hybridized carbons (Fsp3) is 0.0714. The number of non-ortho nitro benzene ring substituents is 2. The van der Waals surface area contributed by atoms with Crippen LogP contribution in [-0.4, -0.2) is 54.1 Å². The summed E-state index contributed by atoms with van der Waals surface area (Å²) in [6, 6.07) is 23.0. The summed E-state index contributed by atoms with van der Waals surface area (Å²) in [6.07, 6.45) is 2.73. The molecule has 0 amide bonds. The highest BCUT2D eigenvalue weighted by atomic mass is 35.5. The van der Waals surface area contributed by atoms with Crippen molar-refractivity contribution in [3.05, 3.63) is 118 Å². The minimum absolute atomic E-state index is 0. The summed E-state index contributed by atoms with van der Waals surface area (Å²) in [5.74, 6) is 0.998. The summed E-state index contributed by atoms with van der Waals surface area (Å²) in [6.45, 7) is 0. The van der Waals surface area contributed by atoms with Gasteiger partial charge in [0.1, 0.15) is 11.4 Å². The first kappa shape index (κ1) is 30.2. The molecule has 2 aromatic heterocycles. The molecule has 0 radical (unpaired) electrons. The van der Waals surface area contributed by atoms with Gasteiger partial charge in [0.2, 0.25) is 11.4 Å². The molecule has 45 heavy (non-hydrogen) atoms. The highest BCUT2D eigenvalue weighted by Crippen LogP contribution is 2.31. The number of nitro groups is 2. The molecule has 0 spiro atoms. The first-order valence-electron chi connectivity index (χ1n) is 12.9. The van der Waals surface area contributed by atoms with Crippen LogP contribution in [0.3, 0.4) is 0 Å². The van der Waals surface area contributed by atoms with E-state index in [0.717, 1.165) is 11.1 Å². The number of nitrogens with zero attached hydrogens (tertiary/aromatic N) is 10. The number of methoxy groups -OCH3 is 2. The Morgan fingerprint density at radius 3 is 1.33 bits per heavy atom. The van der Waals surface area contributed by atoms with Crippen LogP contribution in [0.15, 0.2) is 97.6 Å². The number of hydrogen-bond donors (Lipinski definition) is 0. The number of halogens is 1. The van der Waals surface area contributed by atoms with Crippen molar-refractivity contribution in [3.63, 3.8) is 0 Å². The van der Waals surface area contributed by atoms with E-state index in [4.69, 9.17) is 9.47 Å². The molecule has 0 aliphatic heterocycles. The van der Waals surface area contributed by atoms with Gasteiger partial charge in [0.25, 0.3) is 24.0 Å². The van der Waals surface area contributed by atoms with E-state index in [1.807, 2.05) is 36.4 Å². The monoisotopic (exact) mass is 629 g/mol. The molecule has 0 bridgehead atoms. The van der Waals surface area contributed by atoms with Gasteiger partial charge in [-0.3, -0.25) is 20.2 Å². The van der Waals surface area contributed by atoms with Gasteiger partial charge < -0.3 is 21.9 Å². The van der Waals surface area contributed by atoms with Gasteiger partial charge >= 0.3 is 0 Å². The molecule has 0 atom stereocenters. The molecule has 6 aromatic rings. The smallest absolute Gasteiger partial charge is 0.297 e. The Bertz CT molecular complexity index is 1870. The number of rotatable bonds is 9. The fourth-order valence-electron chi connectivity index (χ4n) is 4.58. The van der Waals surface area contributed by atoms with Gasteiger partial charge in [0, 0.05) is 33.9 Å². The Morgan fingerprint density at radius 2 is 1.00 bits per heavy atom. The zero-order valence-electron chi connectivity index (χ0n) is 23.5. The van der Waals surface area contributed by atoms with Gasteiger partial charge in [-0.25, -0.2) is 0 Å². The Kier molecular flexibility index (Phi) is 8.40. The average Bonchev–Trinajstić information content (AvgIpc) is 3.75. The zero-order valence-corrected chi connectivity index (χ0v) is 24.3. The van der Waals surface area contributed by atoms with Crippen LogP contribution in [0.5, 0.6) is 11.5 Å². The standard InChI is InChI=1S/C28H22N10O6.ClH/c1-43-27-15-19(3-13-25(27)35-31-17-29-33(35)21-5-9-23(10-6-21)37(39)40)20-4-14-26(28(16-20)44-2)36-32-18-30-34(36)22-7-11-24(12-8-22)38(41)42;/h3-18H,1-2H3;1H/q+2;/p-1. The molecule has 17 heteroatoms. The van der Waals surface area contributed by atoms with E-state index < -0.39 is 9.85 Å². The fourth-order valence-corrected chi connectivity index (χ4v) is 4.58. The lowest BCUT2D eigenvalue weighted by molar-refractivity contribution is -0.735. The van der Waals surface area contributed by atoms with E-state index >= 15 is 0 Å². The minimum atomic E-state index is -0.467. The van der Waals surface area contributed by atoms with Crippen molar-refractivity contribution in [1.82, 2.24) is 30.0 Å². The summed E-state index contributed by atoms with van der Waals surface area (Å²) in [5.41, 5.74) is 3.88. The molecular weight excluding hydrogens is 608 g/mol. The second-order valence-corrected chi connectivity index (χ2v) is 9.17. The first-order chi connectivity index (χ1) is 21.4. The first-order valence-corrected chi connectivity index (χ1v) is 12.9. The Morgan fingerprint density at radius 1 is 0.622 bits per heavy atom. The van der Waals surface area contributed by atoms with Crippen LogP contribution >= 0.6 is 0 Å². The summed E-state index contributed by atoms with van der Waals surface area (Å²) in [5, 5.41) is 39.3. The molecule has 16 nitrogen and oxygen atoms in total. The summed E-state index contributed by atoms with van der Waals surface area (Å²) in [4.78, 5) is 27.2. The third-order valence-corrected chi connectivity index (χ3v) is 6.71. The van der Waals surface area contributed by atoms with Crippen LogP contribution in [-0.2, 0) is 0 Å². The largest absolute Gasteiger partial charge is 1.00 e. The molecular formula is C28H22ClN10O6+. The highest BCUT2D eigenvalue weighted by Gasteiger charge is 2.24. The molecule has 6 rings (SSSR count). The van der Waals surface area contributed by atoms with Gasteiger partial charge in [0.15, 0.2) is 11.5 Å². The molecule has 226 valence electrons.